The summed E-state index contributed by atoms with van der Waals surface area (Å²) in [6.07, 6.45) is 1.18. The Bertz CT molecular complexity index is 564. The molecular weight excluding hydrogens is 282 g/mol. The number of carbonyl (C=O) groups is 1. The molecule has 2 atom stereocenters. The molecule has 2 rings (SSSR count). The number of amides is 1. The van der Waals surface area contributed by atoms with Crippen molar-refractivity contribution < 1.29 is 9.72 Å². The van der Waals surface area contributed by atoms with E-state index in [1.54, 1.807) is 19.1 Å². The Hall–Kier alpha value is -1.95. The first-order chi connectivity index (χ1) is 10.4. The fourth-order valence-corrected chi connectivity index (χ4v) is 3.27. The summed E-state index contributed by atoms with van der Waals surface area (Å²) in [4.78, 5) is 25.0. The van der Waals surface area contributed by atoms with Gasteiger partial charge >= 0.3 is 0 Å². The number of para-hydroxylation sites is 1. The normalized spacial score (nSPS) is 22.3. The quantitative estimate of drug-likeness (QED) is 0.685. The minimum absolute atomic E-state index is 0.0614. The number of nitro groups is 1. The number of benzene rings is 1. The Morgan fingerprint density at radius 3 is 2.59 bits per heavy atom. The van der Waals surface area contributed by atoms with Gasteiger partial charge in [0.2, 0.25) is 5.91 Å². The largest absolute Gasteiger partial charge is 0.319 e. The van der Waals surface area contributed by atoms with Crippen molar-refractivity contribution in [2.45, 2.75) is 27.2 Å². The van der Waals surface area contributed by atoms with E-state index in [2.05, 4.69) is 24.1 Å². The topological polar surface area (TPSA) is 75.5 Å². The first kappa shape index (κ1) is 16.4. The van der Waals surface area contributed by atoms with Gasteiger partial charge in [0.25, 0.3) is 5.69 Å². The summed E-state index contributed by atoms with van der Waals surface area (Å²) in [6.45, 7) is 8.20. The predicted molar refractivity (Wildman–Crippen MR) is 85.8 cm³/mol. The smallest absolute Gasteiger partial charge is 0.293 e. The van der Waals surface area contributed by atoms with Crippen LogP contribution in [0.25, 0.3) is 0 Å². The van der Waals surface area contributed by atoms with Crippen LogP contribution in [0.4, 0.5) is 11.4 Å². The number of rotatable bonds is 4. The van der Waals surface area contributed by atoms with Crippen LogP contribution >= 0.6 is 0 Å². The van der Waals surface area contributed by atoms with Gasteiger partial charge < -0.3 is 5.32 Å². The van der Waals surface area contributed by atoms with E-state index in [0.29, 0.717) is 23.1 Å². The third-order valence-electron chi connectivity index (χ3n) is 4.02. The molecule has 6 nitrogen and oxygen atoms in total. The Morgan fingerprint density at radius 1 is 1.36 bits per heavy atom. The highest BCUT2D eigenvalue weighted by Gasteiger charge is 2.24. The SMILES string of the molecule is Cc1cccc([N+](=O)[O-])c1NC(=O)CN1C[C@H](C)C[C@H](C)C1. The number of nitrogens with one attached hydrogen (secondary N) is 1. The lowest BCUT2D eigenvalue weighted by Gasteiger charge is -2.34. The van der Waals surface area contributed by atoms with Gasteiger partial charge in [-0.15, -0.1) is 0 Å². The number of nitrogens with zero attached hydrogens (tertiary/aromatic N) is 2. The molecule has 1 saturated heterocycles. The molecule has 1 aromatic carbocycles. The fourth-order valence-electron chi connectivity index (χ4n) is 3.27. The summed E-state index contributed by atoms with van der Waals surface area (Å²) in [7, 11) is 0. The van der Waals surface area contributed by atoms with Crippen LogP contribution in [0.5, 0.6) is 0 Å². The molecule has 0 aromatic heterocycles. The molecule has 1 aliphatic rings. The van der Waals surface area contributed by atoms with E-state index >= 15 is 0 Å². The van der Waals surface area contributed by atoms with Crippen molar-refractivity contribution in [2.75, 3.05) is 25.0 Å². The van der Waals surface area contributed by atoms with Crippen molar-refractivity contribution in [2.24, 2.45) is 11.8 Å². The molecule has 1 aromatic rings. The number of likely N-dealkylation sites (tertiary alicyclic amines) is 1. The second-order valence-corrected chi connectivity index (χ2v) is 6.41. The number of piperidine rings is 1. The molecule has 0 aliphatic carbocycles. The van der Waals surface area contributed by atoms with Crippen LogP contribution in [0.1, 0.15) is 25.8 Å². The van der Waals surface area contributed by atoms with Gasteiger partial charge in [-0.1, -0.05) is 26.0 Å². The van der Waals surface area contributed by atoms with E-state index in [1.165, 1.54) is 12.5 Å². The van der Waals surface area contributed by atoms with Crippen LogP contribution < -0.4 is 5.32 Å². The zero-order valence-corrected chi connectivity index (χ0v) is 13.3. The first-order valence-electron chi connectivity index (χ1n) is 7.63. The summed E-state index contributed by atoms with van der Waals surface area (Å²) in [5.74, 6) is 0.951. The number of hydrogen-bond acceptors (Lipinski definition) is 4. The molecule has 1 fully saturated rings. The minimum atomic E-state index is -0.465. The Balaban J connectivity index is 2.05. The molecule has 0 bridgehead atoms. The maximum Gasteiger partial charge on any atom is 0.293 e. The zero-order valence-electron chi connectivity index (χ0n) is 13.3. The van der Waals surface area contributed by atoms with E-state index in [1.807, 2.05) is 0 Å². The highest BCUT2D eigenvalue weighted by atomic mass is 16.6. The maximum absolute atomic E-state index is 12.2. The third kappa shape index (κ3) is 4.04. The highest BCUT2D eigenvalue weighted by Crippen LogP contribution is 2.27. The summed E-state index contributed by atoms with van der Waals surface area (Å²) in [5.41, 5.74) is 0.937. The summed E-state index contributed by atoms with van der Waals surface area (Å²) in [6, 6.07) is 4.79. The van der Waals surface area contributed by atoms with Gasteiger partial charge in [-0.2, -0.15) is 0 Å². The van der Waals surface area contributed by atoms with Crippen molar-refractivity contribution in [1.29, 1.82) is 0 Å². The highest BCUT2D eigenvalue weighted by molar-refractivity contribution is 5.95. The first-order valence-corrected chi connectivity index (χ1v) is 7.63. The van der Waals surface area contributed by atoms with Crippen LogP contribution in [-0.2, 0) is 4.79 Å². The van der Waals surface area contributed by atoms with Crippen molar-refractivity contribution in [3.05, 3.63) is 33.9 Å². The Morgan fingerprint density at radius 2 is 2.00 bits per heavy atom. The lowest BCUT2D eigenvalue weighted by Crippen LogP contribution is -2.42. The van der Waals surface area contributed by atoms with Gasteiger partial charge in [0.05, 0.1) is 11.5 Å². The minimum Gasteiger partial charge on any atom is -0.319 e. The summed E-state index contributed by atoms with van der Waals surface area (Å²) < 4.78 is 0. The van der Waals surface area contributed by atoms with Crippen LogP contribution in [0.2, 0.25) is 0 Å². The number of hydrogen-bond donors (Lipinski definition) is 1. The van der Waals surface area contributed by atoms with E-state index in [0.717, 1.165) is 13.1 Å². The second kappa shape index (κ2) is 6.87. The lowest BCUT2D eigenvalue weighted by molar-refractivity contribution is -0.384. The van der Waals surface area contributed by atoms with Crippen molar-refractivity contribution in [3.63, 3.8) is 0 Å². The van der Waals surface area contributed by atoms with Gasteiger partial charge in [-0.25, -0.2) is 0 Å². The van der Waals surface area contributed by atoms with Crippen LogP contribution in [0.3, 0.4) is 0 Å². The van der Waals surface area contributed by atoms with Gasteiger partial charge in [-0.3, -0.25) is 19.8 Å². The van der Waals surface area contributed by atoms with E-state index < -0.39 is 4.92 Å². The molecule has 1 amide bonds. The number of anilines is 1. The standard InChI is InChI=1S/C16H23N3O3/c1-11-7-12(2)9-18(8-11)10-15(20)17-16-13(3)5-4-6-14(16)19(21)22/h4-6,11-12H,7-10H2,1-3H3,(H,17,20)/t11-,12+. The van der Waals surface area contributed by atoms with Gasteiger partial charge in [-0.05, 0) is 30.7 Å². The lowest BCUT2D eigenvalue weighted by atomic mass is 9.92. The Labute approximate surface area is 130 Å². The number of nitro benzene ring substituents is 1. The van der Waals surface area contributed by atoms with E-state index in [-0.39, 0.29) is 18.1 Å². The zero-order chi connectivity index (χ0) is 16.3. The molecule has 22 heavy (non-hydrogen) atoms. The van der Waals surface area contributed by atoms with Crippen molar-refractivity contribution in [1.82, 2.24) is 4.90 Å². The van der Waals surface area contributed by atoms with Gasteiger partial charge in [0, 0.05) is 19.2 Å². The van der Waals surface area contributed by atoms with Gasteiger partial charge in [0.1, 0.15) is 5.69 Å². The monoisotopic (exact) mass is 305 g/mol. The third-order valence-corrected chi connectivity index (χ3v) is 4.02. The second-order valence-electron chi connectivity index (χ2n) is 6.41. The number of aryl methyl sites for hydroxylation is 1. The molecule has 6 heteroatoms. The van der Waals surface area contributed by atoms with Gasteiger partial charge in [0.15, 0.2) is 0 Å². The number of carbonyl (C=O) groups excluding carboxylic acids is 1. The maximum atomic E-state index is 12.2. The molecule has 0 spiro atoms. The van der Waals surface area contributed by atoms with E-state index in [9.17, 15) is 14.9 Å². The summed E-state index contributed by atoms with van der Waals surface area (Å²) >= 11 is 0. The fraction of sp³-hybridized carbons (Fsp3) is 0.562. The molecule has 0 saturated carbocycles. The van der Waals surface area contributed by atoms with Crippen LogP contribution in [0, 0.1) is 28.9 Å². The van der Waals surface area contributed by atoms with Crippen molar-refractivity contribution >= 4 is 17.3 Å². The molecule has 0 radical (unpaired) electrons. The predicted octanol–water partition coefficient (Wildman–Crippen LogP) is 2.82. The molecular formula is C16H23N3O3. The molecule has 1 aliphatic heterocycles. The summed E-state index contributed by atoms with van der Waals surface area (Å²) in [5, 5.41) is 13.8. The average molecular weight is 305 g/mol. The molecule has 120 valence electrons. The Kier molecular flexibility index (Phi) is 5.13. The van der Waals surface area contributed by atoms with Crippen LogP contribution in [0.15, 0.2) is 18.2 Å². The average Bonchev–Trinajstić information content (AvgIpc) is 2.39. The van der Waals surface area contributed by atoms with Crippen LogP contribution in [-0.4, -0.2) is 35.4 Å². The molecule has 1 heterocycles. The molecule has 0 unspecified atom stereocenters. The molecule has 1 N–H and O–H groups in total. The van der Waals surface area contributed by atoms with E-state index in [4.69, 9.17) is 0 Å². The van der Waals surface area contributed by atoms with Crippen molar-refractivity contribution in [3.8, 4) is 0 Å².